The monoisotopic (exact) mass is 369 g/mol. The highest BCUT2D eigenvalue weighted by Crippen LogP contribution is 2.42. The first-order valence-corrected chi connectivity index (χ1v) is 8.98. The maximum atomic E-state index is 12.3. The molecule has 0 saturated carbocycles. The van der Waals surface area contributed by atoms with Crippen molar-refractivity contribution < 1.29 is 8.42 Å². The second-order valence-corrected chi connectivity index (χ2v) is 8.99. The van der Waals surface area contributed by atoms with Gasteiger partial charge in [-0.05, 0) is 23.6 Å². The zero-order chi connectivity index (χ0) is 14.8. The Morgan fingerprint density at radius 2 is 1.70 bits per heavy atom. The van der Waals surface area contributed by atoms with E-state index in [1.807, 2.05) is 0 Å². The van der Waals surface area contributed by atoms with Gasteiger partial charge in [-0.1, -0.05) is 59.1 Å². The number of benzene rings is 1. The highest BCUT2D eigenvalue weighted by Gasteiger charge is 2.38. The molecule has 8 heteroatoms. The molecular formula is C12H10Cl3NO2S2. The molecule has 0 aliphatic rings. The molecule has 0 aliphatic carbocycles. The molecule has 0 bridgehead atoms. The minimum atomic E-state index is -3.77. The van der Waals surface area contributed by atoms with E-state index in [2.05, 4.69) is 4.72 Å². The van der Waals surface area contributed by atoms with E-state index in [0.717, 1.165) is 0 Å². The Labute approximate surface area is 136 Å². The normalized spacial score (nSPS) is 14.2. The summed E-state index contributed by atoms with van der Waals surface area (Å²) in [5.41, 5.74) is 0. The molecule has 0 saturated heterocycles. The van der Waals surface area contributed by atoms with Crippen LogP contribution in [0.1, 0.15) is 10.9 Å². The lowest BCUT2D eigenvalue weighted by atomic mass is 10.3. The van der Waals surface area contributed by atoms with Crippen LogP contribution in [0.2, 0.25) is 0 Å². The van der Waals surface area contributed by atoms with Crippen LogP contribution in [0.4, 0.5) is 0 Å². The lowest BCUT2D eigenvalue weighted by molar-refractivity contribution is 0.560. The Hall–Kier alpha value is -0.300. The quantitative estimate of drug-likeness (QED) is 0.822. The predicted molar refractivity (Wildman–Crippen MR) is 84.1 cm³/mol. The van der Waals surface area contributed by atoms with Crippen molar-refractivity contribution in [2.24, 2.45) is 0 Å². The molecule has 2 rings (SSSR count). The number of rotatable bonds is 4. The van der Waals surface area contributed by atoms with Crippen LogP contribution >= 0.6 is 46.1 Å². The van der Waals surface area contributed by atoms with Gasteiger partial charge in [-0.2, -0.15) is 4.72 Å². The molecule has 1 aromatic heterocycles. The van der Waals surface area contributed by atoms with E-state index >= 15 is 0 Å². The smallest absolute Gasteiger partial charge is 0.207 e. The van der Waals surface area contributed by atoms with E-state index in [9.17, 15) is 8.42 Å². The van der Waals surface area contributed by atoms with Crippen LogP contribution in [0, 0.1) is 0 Å². The maximum Gasteiger partial charge on any atom is 0.241 e. The number of hydrogen-bond acceptors (Lipinski definition) is 3. The molecule has 108 valence electrons. The zero-order valence-corrected chi connectivity index (χ0v) is 13.9. The fourth-order valence-electron chi connectivity index (χ4n) is 1.56. The summed E-state index contributed by atoms with van der Waals surface area (Å²) >= 11 is 19.0. The Morgan fingerprint density at radius 3 is 2.20 bits per heavy atom. The van der Waals surface area contributed by atoms with Gasteiger partial charge in [-0.3, -0.25) is 0 Å². The van der Waals surface area contributed by atoms with Crippen LogP contribution < -0.4 is 4.72 Å². The molecule has 3 nitrogen and oxygen atoms in total. The van der Waals surface area contributed by atoms with Crippen LogP contribution in [-0.2, 0) is 10.0 Å². The van der Waals surface area contributed by atoms with Crippen LogP contribution in [-0.4, -0.2) is 12.2 Å². The van der Waals surface area contributed by atoms with Crippen molar-refractivity contribution in [1.82, 2.24) is 4.72 Å². The first kappa shape index (κ1) is 16.1. The highest BCUT2D eigenvalue weighted by atomic mass is 35.6. The lowest BCUT2D eigenvalue weighted by Gasteiger charge is -2.24. The number of halogens is 3. The molecule has 0 fully saturated rings. The van der Waals surface area contributed by atoms with Gasteiger partial charge >= 0.3 is 0 Å². The van der Waals surface area contributed by atoms with E-state index in [0.29, 0.717) is 4.88 Å². The van der Waals surface area contributed by atoms with Gasteiger partial charge in [0.1, 0.15) is 6.04 Å². The highest BCUT2D eigenvalue weighted by molar-refractivity contribution is 7.89. The van der Waals surface area contributed by atoms with E-state index in [4.69, 9.17) is 34.8 Å². The first-order valence-electron chi connectivity index (χ1n) is 5.48. The molecule has 0 spiro atoms. The van der Waals surface area contributed by atoms with Gasteiger partial charge in [0.05, 0.1) is 4.90 Å². The van der Waals surface area contributed by atoms with Gasteiger partial charge in [-0.25, -0.2) is 8.42 Å². The second-order valence-electron chi connectivity index (χ2n) is 3.92. The summed E-state index contributed by atoms with van der Waals surface area (Å²) in [5.74, 6) is 0. The Morgan fingerprint density at radius 1 is 1.05 bits per heavy atom. The molecule has 1 heterocycles. The molecule has 20 heavy (non-hydrogen) atoms. The molecule has 0 unspecified atom stereocenters. The van der Waals surface area contributed by atoms with Crippen LogP contribution in [0.3, 0.4) is 0 Å². The summed E-state index contributed by atoms with van der Waals surface area (Å²) in [6.07, 6.45) is 0. The average molecular weight is 371 g/mol. The van der Waals surface area contributed by atoms with E-state index in [-0.39, 0.29) is 4.90 Å². The Kier molecular flexibility index (Phi) is 5.00. The van der Waals surface area contributed by atoms with Gasteiger partial charge in [-0.15, -0.1) is 11.3 Å². The molecule has 2 aromatic rings. The number of alkyl halides is 3. The predicted octanol–water partition coefficient (Wildman–Crippen LogP) is 4.14. The third kappa shape index (κ3) is 3.87. The summed E-state index contributed by atoms with van der Waals surface area (Å²) in [7, 11) is -3.77. The zero-order valence-electron chi connectivity index (χ0n) is 9.96. The van der Waals surface area contributed by atoms with Crippen molar-refractivity contribution in [3.63, 3.8) is 0 Å². The first-order chi connectivity index (χ1) is 9.31. The van der Waals surface area contributed by atoms with Gasteiger partial charge < -0.3 is 0 Å². The van der Waals surface area contributed by atoms with Crippen molar-refractivity contribution in [1.29, 1.82) is 0 Å². The minimum Gasteiger partial charge on any atom is -0.207 e. The van der Waals surface area contributed by atoms with Crippen molar-refractivity contribution in [2.75, 3.05) is 0 Å². The summed E-state index contributed by atoms with van der Waals surface area (Å²) in [4.78, 5) is 0.750. The fraction of sp³-hybridized carbons (Fsp3) is 0.167. The molecule has 1 aromatic carbocycles. The summed E-state index contributed by atoms with van der Waals surface area (Å²) in [6, 6.07) is 10.5. The summed E-state index contributed by atoms with van der Waals surface area (Å²) < 4.78 is 25.3. The standard InChI is InChI=1S/C12H10Cl3NO2S2/c13-12(14,15)11(10-7-4-8-19-10)16-20(17,18)9-5-2-1-3-6-9/h1-8,11,16H/t11-/m1/s1. The van der Waals surface area contributed by atoms with Crippen molar-refractivity contribution in [2.45, 2.75) is 14.7 Å². The topological polar surface area (TPSA) is 46.2 Å². The third-order valence-electron chi connectivity index (χ3n) is 2.48. The third-order valence-corrected chi connectivity index (χ3v) is 5.51. The molecule has 0 amide bonds. The van der Waals surface area contributed by atoms with Crippen LogP contribution in [0.15, 0.2) is 52.7 Å². The number of hydrogen-bond donors (Lipinski definition) is 1. The fourth-order valence-corrected chi connectivity index (χ4v) is 4.65. The SMILES string of the molecule is O=S(=O)(N[C@H](c1cccs1)C(Cl)(Cl)Cl)c1ccccc1. The molecule has 1 N–H and O–H groups in total. The van der Waals surface area contributed by atoms with Crippen molar-refractivity contribution in [3.8, 4) is 0 Å². The van der Waals surface area contributed by atoms with Crippen LogP contribution in [0.5, 0.6) is 0 Å². The van der Waals surface area contributed by atoms with E-state index in [1.54, 1.807) is 35.7 Å². The Balaban J connectivity index is 2.34. The largest absolute Gasteiger partial charge is 0.241 e. The van der Waals surface area contributed by atoms with Crippen molar-refractivity contribution >= 4 is 56.2 Å². The number of thiophene rings is 1. The summed E-state index contributed by atoms with van der Waals surface area (Å²) in [5, 5.41) is 1.79. The molecule has 0 radical (unpaired) electrons. The van der Waals surface area contributed by atoms with Gasteiger partial charge in [0.2, 0.25) is 13.8 Å². The summed E-state index contributed by atoms with van der Waals surface area (Å²) in [6.45, 7) is 0. The lowest BCUT2D eigenvalue weighted by Crippen LogP contribution is -2.35. The van der Waals surface area contributed by atoms with Crippen LogP contribution in [0.25, 0.3) is 0 Å². The average Bonchev–Trinajstić information content (AvgIpc) is 2.89. The molecular weight excluding hydrogens is 361 g/mol. The van der Waals surface area contributed by atoms with Gasteiger partial charge in [0.25, 0.3) is 0 Å². The van der Waals surface area contributed by atoms with E-state index < -0.39 is 19.9 Å². The van der Waals surface area contributed by atoms with E-state index in [1.165, 1.54) is 23.5 Å². The minimum absolute atomic E-state index is 0.121. The number of sulfonamides is 1. The maximum absolute atomic E-state index is 12.3. The number of nitrogens with one attached hydrogen (secondary N) is 1. The van der Waals surface area contributed by atoms with Crippen molar-refractivity contribution in [3.05, 3.63) is 52.7 Å². The molecule has 1 atom stereocenters. The molecule has 0 aliphatic heterocycles. The Bertz CT molecular complexity index is 652. The van der Waals surface area contributed by atoms with Gasteiger partial charge in [0.15, 0.2) is 0 Å². The van der Waals surface area contributed by atoms with Gasteiger partial charge in [0, 0.05) is 4.88 Å². The second kappa shape index (κ2) is 6.22.